The molecule has 0 unspecified atom stereocenters. The lowest BCUT2D eigenvalue weighted by Gasteiger charge is -2.22. The second-order valence-corrected chi connectivity index (χ2v) is 9.73. The fourth-order valence-electron chi connectivity index (χ4n) is 2.71. The zero-order chi connectivity index (χ0) is 17.8. The van der Waals surface area contributed by atoms with E-state index in [1.165, 1.54) is 0 Å². The molecule has 130 valence electrons. The molecule has 0 aliphatic heterocycles. The lowest BCUT2D eigenvalue weighted by Crippen LogP contribution is -2.36. The van der Waals surface area contributed by atoms with Crippen molar-refractivity contribution in [2.45, 2.75) is 12.3 Å². The molecule has 0 amide bonds. The van der Waals surface area contributed by atoms with Crippen molar-refractivity contribution in [3.8, 4) is 0 Å². The van der Waals surface area contributed by atoms with Crippen LogP contribution in [0.4, 0.5) is 0 Å². The molecule has 2 aromatic carbocycles. The Morgan fingerprint density at radius 3 is 1.46 bits per heavy atom. The van der Waals surface area contributed by atoms with Gasteiger partial charge in [0.2, 0.25) is 20.0 Å². The molecule has 0 atom stereocenters. The molecule has 0 saturated carbocycles. The van der Waals surface area contributed by atoms with Gasteiger partial charge in [0.25, 0.3) is 0 Å². The normalized spacial score (nSPS) is 12.7. The molecule has 0 N–H and O–H groups in total. The first kappa shape index (κ1) is 18.6. The van der Waals surface area contributed by atoms with E-state index < -0.39 is 20.0 Å². The van der Waals surface area contributed by atoms with E-state index in [1.54, 1.807) is 0 Å². The van der Waals surface area contributed by atoms with Crippen molar-refractivity contribution >= 4 is 20.0 Å². The third-order valence-electron chi connectivity index (χ3n) is 3.74. The zero-order valence-electron chi connectivity index (χ0n) is 13.7. The summed E-state index contributed by atoms with van der Waals surface area (Å²) < 4.78 is 47.8. The summed E-state index contributed by atoms with van der Waals surface area (Å²) in [5, 5.41) is 0. The predicted molar refractivity (Wildman–Crippen MR) is 95.7 cm³/mol. The molecule has 0 aliphatic rings. The highest BCUT2D eigenvalue weighted by molar-refractivity contribution is 8.03. The van der Waals surface area contributed by atoms with Gasteiger partial charge in [-0.15, -0.1) is 0 Å². The predicted octanol–water partition coefficient (Wildman–Crippen LogP) is 2.43. The average molecular weight is 367 g/mol. The summed E-state index contributed by atoms with van der Waals surface area (Å²) in [5.74, 6) is -0.0848. The molecule has 2 rings (SSSR count). The maximum absolute atomic E-state index is 11.8. The Hall–Kier alpha value is -1.70. The van der Waals surface area contributed by atoms with Gasteiger partial charge < -0.3 is 0 Å². The second kappa shape index (κ2) is 7.46. The van der Waals surface area contributed by atoms with Crippen molar-refractivity contribution in [1.29, 1.82) is 0 Å². The van der Waals surface area contributed by atoms with Crippen LogP contribution in [0, 0.1) is 0 Å². The van der Waals surface area contributed by atoms with E-state index in [0.717, 1.165) is 23.6 Å². The van der Waals surface area contributed by atoms with Gasteiger partial charge in [-0.1, -0.05) is 64.4 Å². The fraction of sp³-hybridized carbons (Fsp3) is 0.294. The van der Waals surface area contributed by atoms with Crippen molar-refractivity contribution in [2.75, 3.05) is 19.1 Å². The van der Waals surface area contributed by atoms with Crippen molar-refractivity contribution in [1.82, 2.24) is 3.71 Å². The third-order valence-corrected chi connectivity index (χ3v) is 7.21. The van der Waals surface area contributed by atoms with Crippen LogP contribution in [-0.2, 0) is 20.0 Å². The van der Waals surface area contributed by atoms with Crippen LogP contribution >= 0.6 is 0 Å². The highest BCUT2D eigenvalue weighted by Crippen LogP contribution is 2.28. The van der Waals surface area contributed by atoms with Crippen molar-refractivity contribution in [3.05, 3.63) is 71.8 Å². The van der Waals surface area contributed by atoms with E-state index in [1.807, 2.05) is 60.7 Å². The molecule has 7 heteroatoms. The number of rotatable bonds is 7. The van der Waals surface area contributed by atoms with Gasteiger partial charge in [0, 0.05) is 12.5 Å². The Morgan fingerprint density at radius 2 is 1.12 bits per heavy atom. The van der Waals surface area contributed by atoms with Crippen LogP contribution in [0.1, 0.15) is 23.5 Å². The Morgan fingerprint density at radius 1 is 0.750 bits per heavy atom. The SMILES string of the molecule is CS(=O)(=O)N(CCC(c1ccccc1)c1ccccc1)S(C)(=O)=O. The molecule has 0 heterocycles. The molecule has 0 bridgehead atoms. The summed E-state index contributed by atoms with van der Waals surface area (Å²) in [6.45, 7) is -0.0911. The van der Waals surface area contributed by atoms with Crippen molar-refractivity contribution in [3.63, 3.8) is 0 Å². The van der Waals surface area contributed by atoms with Crippen LogP contribution in [0.15, 0.2) is 60.7 Å². The fourth-order valence-corrected chi connectivity index (χ4v) is 5.55. The number of sulfonamides is 2. The molecule has 5 nitrogen and oxygen atoms in total. The molecule has 24 heavy (non-hydrogen) atoms. The van der Waals surface area contributed by atoms with Gasteiger partial charge in [0.1, 0.15) is 0 Å². The van der Waals surface area contributed by atoms with Crippen LogP contribution in [-0.4, -0.2) is 39.6 Å². The highest BCUT2D eigenvalue weighted by atomic mass is 32.3. The van der Waals surface area contributed by atoms with E-state index in [0.29, 0.717) is 10.1 Å². The van der Waals surface area contributed by atoms with E-state index in [2.05, 4.69) is 0 Å². The number of hydrogen-bond donors (Lipinski definition) is 0. The minimum absolute atomic E-state index is 0.0848. The quantitative estimate of drug-likeness (QED) is 0.753. The largest absolute Gasteiger partial charge is 0.224 e. The molecule has 2 aromatic rings. The number of nitrogens with zero attached hydrogens (tertiary/aromatic N) is 1. The standard InChI is InChI=1S/C17H21NO4S2/c1-23(19,20)18(24(2,21)22)14-13-17(15-9-5-3-6-10-15)16-11-7-4-8-12-16/h3-12,17H,13-14H2,1-2H3. The molecular weight excluding hydrogens is 346 g/mol. The third kappa shape index (κ3) is 4.90. The Bertz CT molecular complexity index is 792. The summed E-state index contributed by atoms with van der Waals surface area (Å²) in [4.78, 5) is 0. The topological polar surface area (TPSA) is 71.5 Å². The molecule has 0 spiro atoms. The van der Waals surface area contributed by atoms with Gasteiger partial charge >= 0.3 is 0 Å². The smallest absolute Gasteiger partial charge is 0.212 e. The van der Waals surface area contributed by atoms with Crippen LogP contribution in [0.3, 0.4) is 0 Å². The molecule has 0 radical (unpaired) electrons. The first-order chi connectivity index (χ1) is 11.2. The van der Waals surface area contributed by atoms with E-state index in [9.17, 15) is 16.8 Å². The lowest BCUT2D eigenvalue weighted by atomic mass is 9.89. The van der Waals surface area contributed by atoms with Gasteiger partial charge in [-0.05, 0) is 17.5 Å². The molecule has 0 aliphatic carbocycles. The maximum atomic E-state index is 11.8. The first-order valence-electron chi connectivity index (χ1n) is 7.47. The summed E-state index contributed by atoms with van der Waals surface area (Å²) in [6.07, 6.45) is 2.19. The molecular formula is C17H21NO4S2. The molecule has 0 fully saturated rings. The van der Waals surface area contributed by atoms with Crippen LogP contribution < -0.4 is 0 Å². The second-order valence-electron chi connectivity index (χ2n) is 5.69. The minimum atomic E-state index is -3.84. The van der Waals surface area contributed by atoms with Gasteiger partial charge in [-0.25, -0.2) is 16.8 Å². The maximum Gasteiger partial charge on any atom is 0.224 e. The van der Waals surface area contributed by atoms with E-state index >= 15 is 0 Å². The molecule has 0 aromatic heterocycles. The Kier molecular flexibility index (Phi) is 5.79. The first-order valence-corrected chi connectivity index (χ1v) is 11.2. The van der Waals surface area contributed by atoms with E-state index in [4.69, 9.17) is 0 Å². The Balaban J connectivity index is 2.33. The van der Waals surface area contributed by atoms with Gasteiger partial charge in [-0.2, -0.15) is 0 Å². The van der Waals surface area contributed by atoms with Crippen LogP contribution in [0.2, 0.25) is 0 Å². The average Bonchev–Trinajstić information content (AvgIpc) is 2.51. The highest BCUT2D eigenvalue weighted by Gasteiger charge is 2.28. The van der Waals surface area contributed by atoms with Crippen molar-refractivity contribution < 1.29 is 16.8 Å². The molecule has 0 saturated heterocycles. The summed E-state index contributed by atoms with van der Waals surface area (Å²) in [5.41, 5.74) is 2.04. The lowest BCUT2D eigenvalue weighted by molar-refractivity contribution is 0.490. The monoisotopic (exact) mass is 367 g/mol. The van der Waals surface area contributed by atoms with Gasteiger partial charge in [-0.3, -0.25) is 0 Å². The summed E-state index contributed by atoms with van der Waals surface area (Å²) in [7, 11) is -7.67. The van der Waals surface area contributed by atoms with Gasteiger partial charge in [0.05, 0.1) is 12.5 Å². The number of benzene rings is 2. The summed E-state index contributed by atoms with van der Waals surface area (Å²) >= 11 is 0. The van der Waals surface area contributed by atoms with Crippen molar-refractivity contribution in [2.24, 2.45) is 0 Å². The van der Waals surface area contributed by atoms with E-state index in [-0.39, 0.29) is 12.5 Å². The minimum Gasteiger partial charge on any atom is -0.212 e. The van der Waals surface area contributed by atoms with Gasteiger partial charge in [0.15, 0.2) is 0 Å². The summed E-state index contributed by atoms with van der Waals surface area (Å²) in [6, 6.07) is 19.3. The van der Waals surface area contributed by atoms with Crippen LogP contribution in [0.25, 0.3) is 0 Å². The zero-order valence-corrected chi connectivity index (χ0v) is 15.3. The van der Waals surface area contributed by atoms with Crippen LogP contribution in [0.5, 0.6) is 0 Å². The Labute approximate surface area is 144 Å². The number of hydrogen-bond acceptors (Lipinski definition) is 4.